The minimum atomic E-state index is -0.539. The zero-order chi connectivity index (χ0) is 12.6. The van der Waals surface area contributed by atoms with E-state index in [2.05, 4.69) is 0 Å². The minimum Gasteiger partial charge on any atom is -0.468 e. The Balaban J connectivity index is 1.81. The molecule has 1 aromatic carbocycles. The molecule has 1 fully saturated rings. The monoisotopic (exact) mass is 250 g/mol. The van der Waals surface area contributed by atoms with E-state index in [9.17, 15) is 4.79 Å². The fourth-order valence-corrected chi connectivity index (χ4v) is 2.30. The summed E-state index contributed by atoms with van der Waals surface area (Å²) in [5, 5.41) is 0. The molecule has 0 unspecified atom stereocenters. The van der Waals surface area contributed by atoms with Gasteiger partial charge < -0.3 is 18.9 Å². The molecule has 18 heavy (non-hydrogen) atoms. The predicted molar refractivity (Wildman–Crippen MR) is 61.5 cm³/mol. The fraction of sp³-hybridized carbons (Fsp3) is 0.462. The van der Waals surface area contributed by atoms with E-state index in [1.54, 1.807) is 0 Å². The molecule has 96 valence electrons. The highest BCUT2D eigenvalue weighted by molar-refractivity contribution is 5.78. The molecule has 0 amide bonds. The van der Waals surface area contributed by atoms with Crippen LogP contribution in [0.15, 0.2) is 18.2 Å². The van der Waals surface area contributed by atoms with Crippen LogP contribution in [0.25, 0.3) is 0 Å². The van der Waals surface area contributed by atoms with Gasteiger partial charge >= 0.3 is 5.97 Å². The molecule has 3 rings (SSSR count). The fourth-order valence-electron chi connectivity index (χ4n) is 2.30. The van der Waals surface area contributed by atoms with Gasteiger partial charge in [0.15, 0.2) is 11.5 Å². The first-order chi connectivity index (χ1) is 8.73. The number of esters is 1. The van der Waals surface area contributed by atoms with Crippen LogP contribution in [0, 0.1) is 5.41 Å². The molecule has 2 heterocycles. The second-order valence-electron chi connectivity index (χ2n) is 4.63. The number of carbonyl (C=O) groups excluding carboxylic acids is 1. The van der Waals surface area contributed by atoms with Crippen molar-refractivity contribution in [3.8, 4) is 11.5 Å². The summed E-state index contributed by atoms with van der Waals surface area (Å²) in [5.74, 6) is 1.26. The summed E-state index contributed by atoms with van der Waals surface area (Å²) in [6.07, 6.45) is 0.594. The van der Waals surface area contributed by atoms with E-state index in [1.165, 1.54) is 7.11 Å². The number of benzene rings is 1. The largest absolute Gasteiger partial charge is 0.468 e. The van der Waals surface area contributed by atoms with Gasteiger partial charge in [0, 0.05) is 0 Å². The molecule has 0 saturated carbocycles. The molecule has 0 aliphatic carbocycles. The summed E-state index contributed by atoms with van der Waals surface area (Å²) in [4.78, 5) is 11.8. The molecule has 0 bridgehead atoms. The first kappa shape index (κ1) is 11.3. The lowest BCUT2D eigenvalue weighted by Crippen LogP contribution is -2.51. The van der Waals surface area contributed by atoms with Gasteiger partial charge in [-0.1, -0.05) is 6.07 Å². The van der Waals surface area contributed by atoms with Crippen LogP contribution < -0.4 is 9.47 Å². The Morgan fingerprint density at radius 3 is 2.78 bits per heavy atom. The van der Waals surface area contributed by atoms with Crippen molar-refractivity contribution >= 4 is 5.97 Å². The van der Waals surface area contributed by atoms with E-state index in [1.807, 2.05) is 18.2 Å². The molecule has 5 nitrogen and oxygen atoms in total. The van der Waals surface area contributed by atoms with E-state index >= 15 is 0 Å². The van der Waals surface area contributed by atoms with Crippen molar-refractivity contribution in [2.24, 2.45) is 5.41 Å². The minimum absolute atomic E-state index is 0.216. The topological polar surface area (TPSA) is 54.0 Å². The average Bonchev–Trinajstić information content (AvgIpc) is 2.80. The van der Waals surface area contributed by atoms with Crippen molar-refractivity contribution in [3.05, 3.63) is 23.8 Å². The van der Waals surface area contributed by atoms with Crippen LogP contribution in [0.3, 0.4) is 0 Å². The maximum Gasteiger partial charge on any atom is 0.316 e. The lowest BCUT2D eigenvalue weighted by atomic mass is 9.80. The van der Waals surface area contributed by atoms with Crippen LogP contribution in [-0.4, -0.2) is 33.1 Å². The highest BCUT2D eigenvalue weighted by Gasteiger charge is 2.47. The smallest absolute Gasteiger partial charge is 0.316 e. The normalized spacial score (nSPS) is 19.2. The summed E-state index contributed by atoms with van der Waals surface area (Å²) >= 11 is 0. The quantitative estimate of drug-likeness (QED) is 0.753. The van der Waals surface area contributed by atoms with E-state index in [4.69, 9.17) is 18.9 Å². The van der Waals surface area contributed by atoms with Gasteiger partial charge in [0.25, 0.3) is 0 Å². The van der Waals surface area contributed by atoms with Gasteiger partial charge in [0.1, 0.15) is 5.41 Å². The summed E-state index contributed by atoms with van der Waals surface area (Å²) in [5.41, 5.74) is 0.482. The van der Waals surface area contributed by atoms with Crippen LogP contribution in [0.5, 0.6) is 11.5 Å². The number of hydrogen-bond donors (Lipinski definition) is 0. The molecule has 0 spiro atoms. The Morgan fingerprint density at radius 2 is 2.11 bits per heavy atom. The molecule has 0 atom stereocenters. The SMILES string of the molecule is COC(=O)C1(Cc2ccc3c(c2)OCO3)COC1. The van der Waals surface area contributed by atoms with Crippen LogP contribution in [0.4, 0.5) is 0 Å². The molecule has 0 aromatic heterocycles. The third-order valence-electron chi connectivity index (χ3n) is 3.35. The highest BCUT2D eigenvalue weighted by atomic mass is 16.7. The third-order valence-corrected chi connectivity index (χ3v) is 3.35. The third kappa shape index (κ3) is 1.71. The first-order valence-corrected chi connectivity index (χ1v) is 5.78. The first-order valence-electron chi connectivity index (χ1n) is 5.78. The lowest BCUT2D eigenvalue weighted by molar-refractivity contribution is -0.182. The van der Waals surface area contributed by atoms with Gasteiger partial charge in [-0.25, -0.2) is 0 Å². The number of carbonyl (C=O) groups is 1. The number of rotatable bonds is 3. The van der Waals surface area contributed by atoms with E-state index in [0.29, 0.717) is 19.6 Å². The van der Waals surface area contributed by atoms with E-state index in [0.717, 1.165) is 17.1 Å². The molecular weight excluding hydrogens is 236 g/mol. The lowest BCUT2D eigenvalue weighted by Gasteiger charge is -2.38. The predicted octanol–water partition coefficient (Wildman–Crippen LogP) is 1.15. The molecule has 1 saturated heterocycles. The number of methoxy groups -OCH3 is 1. The Morgan fingerprint density at radius 1 is 1.33 bits per heavy atom. The van der Waals surface area contributed by atoms with Crippen molar-refractivity contribution in [3.63, 3.8) is 0 Å². The van der Waals surface area contributed by atoms with Crippen LogP contribution in [-0.2, 0) is 20.7 Å². The van der Waals surface area contributed by atoms with Gasteiger partial charge in [-0.3, -0.25) is 4.79 Å². The van der Waals surface area contributed by atoms with Gasteiger partial charge in [0.05, 0.1) is 20.3 Å². The zero-order valence-corrected chi connectivity index (χ0v) is 10.1. The number of fused-ring (bicyclic) bond motifs is 1. The van der Waals surface area contributed by atoms with Crippen molar-refractivity contribution in [2.75, 3.05) is 27.1 Å². The van der Waals surface area contributed by atoms with Crippen LogP contribution in [0.2, 0.25) is 0 Å². The Labute approximate surface area is 105 Å². The van der Waals surface area contributed by atoms with Crippen molar-refractivity contribution < 1.29 is 23.7 Å². The van der Waals surface area contributed by atoms with Gasteiger partial charge in [0.2, 0.25) is 6.79 Å². The molecule has 0 radical (unpaired) electrons. The average molecular weight is 250 g/mol. The number of hydrogen-bond acceptors (Lipinski definition) is 5. The highest BCUT2D eigenvalue weighted by Crippen LogP contribution is 2.37. The van der Waals surface area contributed by atoms with Gasteiger partial charge in [-0.15, -0.1) is 0 Å². The van der Waals surface area contributed by atoms with Crippen molar-refractivity contribution in [1.82, 2.24) is 0 Å². The molecular formula is C13H14O5. The maximum absolute atomic E-state index is 11.8. The second-order valence-corrected chi connectivity index (χ2v) is 4.63. The summed E-state index contributed by atoms with van der Waals surface area (Å²) in [6.45, 7) is 1.08. The summed E-state index contributed by atoms with van der Waals surface area (Å²) in [6, 6.07) is 5.71. The van der Waals surface area contributed by atoms with E-state index < -0.39 is 5.41 Å². The summed E-state index contributed by atoms with van der Waals surface area (Å²) in [7, 11) is 1.40. The van der Waals surface area contributed by atoms with Crippen molar-refractivity contribution in [2.45, 2.75) is 6.42 Å². The molecule has 2 aliphatic heterocycles. The van der Waals surface area contributed by atoms with Crippen LogP contribution in [0.1, 0.15) is 5.56 Å². The van der Waals surface area contributed by atoms with Gasteiger partial charge in [-0.2, -0.15) is 0 Å². The number of ether oxygens (including phenoxy) is 4. The molecule has 5 heteroatoms. The Bertz CT molecular complexity index is 478. The van der Waals surface area contributed by atoms with E-state index in [-0.39, 0.29) is 12.8 Å². The van der Waals surface area contributed by atoms with Crippen LogP contribution >= 0.6 is 0 Å². The van der Waals surface area contributed by atoms with Crippen molar-refractivity contribution in [1.29, 1.82) is 0 Å². The standard InChI is InChI=1S/C13H14O5/c1-15-12(14)13(6-16-7-13)5-9-2-3-10-11(4-9)18-8-17-10/h2-4H,5-8H2,1H3. The zero-order valence-electron chi connectivity index (χ0n) is 10.1. The second kappa shape index (κ2) is 4.17. The molecule has 1 aromatic rings. The van der Waals surface area contributed by atoms with Gasteiger partial charge in [-0.05, 0) is 24.1 Å². The Kier molecular flexibility index (Phi) is 2.63. The maximum atomic E-state index is 11.8. The summed E-state index contributed by atoms with van der Waals surface area (Å²) < 4.78 is 20.6. The molecule has 0 N–H and O–H groups in total. The Hall–Kier alpha value is -1.75. The molecule has 2 aliphatic rings.